The highest BCUT2D eigenvalue weighted by molar-refractivity contribution is 6.04. The second-order valence-corrected chi connectivity index (χ2v) is 5.08. The van der Waals surface area contributed by atoms with Crippen molar-refractivity contribution in [3.63, 3.8) is 0 Å². The van der Waals surface area contributed by atoms with Crippen molar-refractivity contribution in [2.45, 2.75) is 25.8 Å². The third-order valence-corrected chi connectivity index (χ3v) is 3.55. The molecule has 2 amide bonds. The summed E-state index contributed by atoms with van der Waals surface area (Å²) in [6, 6.07) is 3.83. The Balaban J connectivity index is 1.78. The highest BCUT2D eigenvalue weighted by Gasteiger charge is 2.19. The molecule has 0 aromatic carbocycles. The minimum atomic E-state index is -0.380. The lowest BCUT2D eigenvalue weighted by Crippen LogP contribution is -2.44. The van der Waals surface area contributed by atoms with E-state index in [1.165, 1.54) is 6.42 Å². The van der Waals surface area contributed by atoms with Gasteiger partial charge in [0.1, 0.15) is 5.69 Å². The van der Waals surface area contributed by atoms with Gasteiger partial charge in [0.15, 0.2) is 0 Å². The number of carbonyl (C=O) groups excluding carboxylic acids is 2. The Kier molecular flexibility index (Phi) is 5.31. The van der Waals surface area contributed by atoms with Gasteiger partial charge in [-0.05, 0) is 38.1 Å². The van der Waals surface area contributed by atoms with Crippen molar-refractivity contribution >= 4 is 11.8 Å². The molecule has 1 aliphatic heterocycles. The maximum Gasteiger partial charge on any atom is 0.274 e. The van der Waals surface area contributed by atoms with Gasteiger partial charge in [-0.1, -0.05) is 6.92 Å². The summed E-state index contributed by atoms with van der Waals surface area (Å²) in [6.45, 7) is 4.97. The van der Waals surface area contributed by atoms with Crippen LogP contribution in [0.5, 0.6) is 0 Å². The SMILES string of the molecule is CCN(CC(=O)NC(=O)c1ccc[nH]1)CC1CCCN1. The van der Waals surface area contributed by atoms with Crippen molar-refractivity contribution in [3.8, 4) is 0 Å². The van der Waals surface area contributed by atoms with Crippen molar-refractivity contribution in [2.75, 3.05) is 26.2 Å². The molecule has 2 heterocycles. The molecule has 1 aromatic heterocycles. The molecule has 0 bridgehead atoms. The van der Waals surface area contributed by atoms with Gasteiger partial charge >= 0.3 is 0 Å². The molecule has 3 N–H and O–H groups in total. The number of nitrogens with zero attached hydrogens (tertiary/aromatic N) is 1. The van der Waals surface area contributed by atoms with E-state index in [0.717, 1.165) is 26.1 Å². The molecule has 0 aliphatic carbocycles. The smallest absolute Gasteiger partial charge is 0.274 e. The summed E-state index contributed by atoms with van der Waals surface area (Å²) in [6.07, 6.45) is 4.00. The molecule has 110 valence electrons. The lowest BCUT2D eigenvalue weighted by Gasteiger charge is -2.23. The third kappa shape index (κ3) is 4.18. The van der Waals surface area contributed by atoms with Crippen LogP contribution in [0, 0.1) is 0 Å². The molecule has 1 aliphatic rings. The van der Waals surface area contributed by atoms with E-state index in [1.54, 1.807) is 18.3 Å². The van der Waals surface area contributed by atoms with Gasteiger partial charge < -0.3 is 10.3 Å². The van der Waals surface area contributed by atoms with Crippen molar-refractivity contribution in [3.05, 3.63) is 24.0 Å². The summed E-state index contributed by atoms with van der Waals surface area (Å²) >= 11 is 0. The van der Waals surface area contributed by atoms with Crippen LogP contribution in [0.1, 0.15) is 30.3 Å². The Bertz CT molecular complexity index is 438. The maximum atomic E-state index is 11.9. The van der Waals surface area contributed by atoms with Gasteiger partial charge in [0.2, 0.25) is 5.91 Å². The van der Waals surface area contributed by atoms with Gasteiger partial charge in [-0.25, -0.2) is 0 Å². The molecule has 1 unspecified atom stereocenters. The predicted octanol–water partition coefficient (Wildman–Crippen LogP) is 0.345. The topological polar surface area (TPSA) is 77.2 Å². The number of aromatic amines is 1. The molecule has 20 heavy (non-hydrogen) atoms. The molecule has 1 aromatic rings. The number of likely N-dealkylation sites (N-methyl/N-ethyl adjacent to an activating group) is 1. The van der Waals surface area contributed by atoms with E-state index in [4.69, 9.17) is 0 Å². The Labute approximate surface area is 118 Å². The zero-order chi connectivity index (χ0) is 14.4. The number of nitrogens with one attached hydrogen (secondary N) is 3. The number of amides is 2. The second kappa shape index (κ2) is 7.21. The van der Waals surface area contributed by atoms with E-state index in [1.807, 2.05) is 6.92 Å². The minimum Gasteiger partial charge on any atom is -0.357 e. The van der Waals surface area contributed by atoms with Crippen LogP contribution in [0.3, 0.4) is 0 Å². The van der Waals surface area contributed by atoms with Crippen molar-refractivity contribution in [1.82, 2.24) is 20.5 Å². The number of carbonyl (C=O) groups is 2. The van der Waals surface area contributed by atoms with Gasteiger partial charge in [-0.15, -0.1) is 0 Å². The molecular formula is C14H22N4O2. The Hall–Kier alpha value is -1.66. The average molecular weight is 278 g/mol. The Morgan fingerprint density at radius 2 is 2.35 bits per heavy atom. The molecule has 1 fully saturated rings. The summed E-state index contributed by atoms with van der Waals surface area (Å²) < 4.78 is 0. The van der Waals surface area contributed by atoms with Crippen LogP contribution in [0.4, 0.5) is 0 Å². The molecule has 0 radical (unpaired) electrons. The number of hydrogen-bond donors (Lipinski definition) is 3. The highest BCUT2D eigenvalue weighted by Crippen LogP contribution is 2.06. The monoisotopic (exact) mass is 278 g/mol. The number of hydrogen-bond acceptors (Lipinski definition) is 4. The zero-order valence-corrected chi connectivity index (χ0v) is 11.8. The molecule has 2 rings (SSSR count). The predicted molar refractivity (Wildman–Crippen MR) is 76.4 cm³/mol. The van der Waals surface area contributed by atoms with E-state index >= 15 is 0 Å². The highest BCUT2D eigenvalue weighted by atomic mass is 16.2. The lowest BCUT2D eigenvalue weighted by molar-refractivity contribution is -0.121. The molecule has 0 spiro atoms. The average Bonchev–Trinajstić information content (AvgIpc) is 3.10. The fraction of sp³-hybridized carbons (Fsp3) is 0.571. The van der Waals surface area contributed by atoms with Gasteiger partial charge in [-0.3, -0.25) is 19.8 Å². The minimum absolute atomic E-state index is 0.251. The van der Waals surface area contributed by atoms with Gasteiger partial charge in [0.05, 0.1) is 6.54 Å². The van der Waals surface area contributed by atoms with Crippen LogP contribution in [-0.2, 0) is 4.79 Å². The molecule has 6 nitrogen and oxygen atoms in total. The second-order valence-electron chi connectivity index (χ2n) is 5.08. The number of imide groups is 1. The first kappa shape index (κ1) is 14.7. The number of aromatic nitrogens is 1. The lowest BCUT2D eigenvalue weighted by atomic mass is 10.2. The third-order valence-electron chi connectivity index (χ3n) is 3.55. The van der Waals surface area contributed by atoms with E-state index < -0.39 is 0 Å². The molecule has 0 saturated carbocycles. The van der Waals surface area contributed by atoms with Crippen LogP contribution in [-0.4, -0.2) is 53.9 Å². The first-order valence-corrected chi connectivity index (χ1v) is 7.12. The van der Waals surface area contributed by atoms with E-state index in [2.05, 4.69) is 20.5 Å². The summed E-state index contributed by atoms with van der Waals surface area (Å²) in [5.41, 5.74) is 0.402. The van der Waals surface area contributed by atoms with Crippen LogP contribution < -0.4 is 10.6 Å². The largest absolute Gasteiger partial charge is 0.357 e. The van der Waals surface area contributed by atoms with Crippen LogP contribution in [0.2, 0.25) is 0 Å². The van der Waals surface area contributed by atoms with Crippen LogP contribution >= 0.6 is 0 Å². The summed E-state index contributed by atoms with van der Waals surface area (Å²) in [5.74, 6) is -0.639. The van der Waals surface area contributed by atoms with Crippen molar-refractivity contribution in [1.29, 1.82) is 0 Å². The van der Waals surface area contributed by atoms with E-state index in [9.17, 15) is 9.59 Å². The molecule has 1 saturated heterocycles. The number of rotatable bonds is 6. The normalized spacial score (nSPS) is 18.4. The quantitative estimate of drug-likeness (QED) is 0.701. The Morgan fingerprint density at radius 1 is 1.50 bits per heavy atom. The first-order valence-electron chi connectivity index (χ1n) is 7.12. The van der Waals surface area contributed by atoms with Crippen LogP contribution in [0.15, 0.2) is 18.3 Å². The summed E-state index contributed by atoms with van der Waals surface area (Å²) in [4.78, 5) is 28.5. The van der Waals surface area contributed by atoms with Gasteiger partial charge in [-0.2, -0.15) is 0 Å². The Morgan fingerprint density at radius 3 is 2.95 bits per heavy atom. The molecule has 6 heteroatoms. The zero-order valence-electron chi connectivity index (χ0n) is 11.8. The first-order chi connectivity index (χ1) is 9.69. The van der Waals surface area contributed by atoms with Gasteiger partial charge in [0.25, 0.3) is 5.91 Å². The molecule has 1 atom stereocenters. The summed E-state index contributed by atoms with van der Waals surface area (Å²) in [5, 5.41) is 5.81. The van der Waals surface area contributed by atoms with Gasteiger partial charge in [0, 0.05) is 18.8 Å². The molecular weight excluding hydrogens is 256 g/mol. The number of H-pyrrole nitrogens is 1. The van der Waals surface area contributed by atoms with Crippen molar-refractivity contribution in [2.24, 2.45) is 0 Å². The standard InChI is InChI=1S/C14H22N4O2/c1-2-18(9-11-5-3-7-15-11)10-13(19)17-14(20)12-6-4-8-16-12/h4,6,8,11,15-16H,2-3,5,7,9-10H2,1H3,(H,17,19,20). The van der Waals surface area contributed by atoms with E-state index in [0.29, 0.717) is 11.7 Å². The fourth-order valence-corrected chi connectivity index (χ4v) is 2.44. The van der Waals surface area contributed by atoms with Crippen molar-refractivity contribution < 1.29 is 9.59 Å². The summed E-state index contributed by atoms with van der Waals surface area (Å²) in [7, 11) is 0. The maximum absolute atomic E-state index is 11.9. The van der Waals surface area contributed by atoms with E-state index in [-0.39, 0.29) is 18.4 Å². The fourth-order valence-electron chi connectivity index (χ4n) is 2.44. The van der Waals surface area contributed by atoms with Crippen LogP contribution in [0.25, 0.3) is 0 Å².